The minimum absolute atomic E-state index is 0.199. The summed E-state index contributed by atoms with van der Waals surface area (Å²) >= 11 is 0. The monoisotopic (exact) mass is 272 g/mol. The minimum atomic E-state index is -4.48. The summed E-state index contributed by atoms with van der Waals surface area (Å²) < 4.78 is 38.4. The van der Waals surface area contributed by atoms with Crippen LogP contribution in [-0.2, 0) is 11.0 Å². The second-order valence-electron chi connectivity index (χ2n) is 4.86. The highest BCUT2D eigenvalue weighted by atomic mass is 19.4. The van der Waals surface area contributed by atoms with Crippen molar-refractivity contribution in [1.29, 1.82) is 0 Å². The van der Waals surface area contributed by atoms with E-state index in [0.717, 1.165) is 12.5 Å². The topological polar surface area (TPSA) is 41.1 Å². The highest BCUT2D eigenvalue weighted by Gasteiger charge is 2.38. The van der Waals surface area contributed by atoms with Gasteiger partial charge in [0.2, 0.25) is 5.91 Å². The Morgan fingerprint density at radius 2 is 2.05 bits per heavy atom. The number of hydrogen-bond acceptors (Lipinski definition) is 2. The third kappa shape index (κ3) is 2.89. The molecular formula is C13H15F3N2O. The smallest absolute Gasteiger partial charge is 0.324 e. The molecule has 1 fully saturated rings. The van der Waals surface area contributed by atoms with Gasteiger partial charge in [0.05, 0.1) is 16.8 Å². The van der Waals surface area contributed by atoms with Crippen molar-refractivity contribution in [3.8, 4) is 0 Å². The Hall–Kier alpha value is -1.56. The van der Waals surface area contributed by atoms with Crippen molar-refractivity contribution in [2.75, 3.05) is 11.9 Å². The lowest BCUT2D eigenvalue weighted by Crippen LogP contribution is -2.48. The first kappa shape index (κ1) is 13.9. The summed E-state index contributed by atoms with van der Waals surface area (Å²) in [6, 6.07) is 4.99. The molecule has 1 aromatic carbocycles. The molecule has 0 saturated carbocycles. The van der Waals surface area contributed by atoms with Crippen molar-refractivity contribution in [1.82, 2.24) is 5.32 Å². The van der Waals surface area contributed by atoms with Gasteiger partial charge in [0.15, 0.2) is 0 Å². The van der Waals surface area contributed by atoms with Crippen LogP contribution in [0.25, 0.3) is 0 Å². The molecule has 2 rings (SSSR count). The normalized spacial score (nSPS) is 23.4. The van der Waals surface area contributed by atoms with Gasteiger partial charge in [-0.25, -0.2) is 0 Å². The maximum absolute atomic E-state index is 12.8. The number of rotatable bonds is 2. The van der Waals surface area contributed by atoms with Crippen molar-refractivity contribution >= 4 is 11.6 Å². The van der Waals surface area contributed by atoms with Crippen LogP contribution in [0.2, 0.25) is 0 Å². The van der Waals surface area contributed by atoms with Crippen LogP contribution in [-0.4, -0.2) is 18.0 Å². The largest absolute Gasteiger partial charge is 0.418 e. The Bertz CT molecular complexity index is 479. The first-order valence-electron chi connectivity index (χ1n) is 6.06. The zero-order chi connectivity index (χ0) is 14.1. The van der Waals surface area contributed by atoms with Gasteiger partial charge in [-0.2, -0.15) is 13.2 Å². The van der Waals surface area contributed by atoms with E-state index in [2.05, 4.69) is 10.6 Å². The fourth-order valence-corrected chi connectivity index (χ4v) is 2.19. The van der Waals surface area contributed by atoms with Gasteiger partial charge in [-0.3, -0.25) is 4.79 Å². The molecule has 1 atom stereocenters. The number of alkyl halides is 3. The van der Waals surface area contributed by atoms with Crippen LogP contribution in [0.15, 0.2) is 24.3 Å². The Kier molecular flexibility index (Phi) is 3.54. The number of carbonyl (C=O) groups is 1. The van der Waals surface area contributed by atoms with Gasteiger partial charge >= 0.3 is 6.18 Å². The third-order valence-corrected chi connectivity index (χ3v) is 3.35. The quantitative estimate of drug-likeness (QED) is 0.869. The van der Waals surface area contributed by atoms with E-state index >= 15 is 0 Å². The Morgan fingerprint density at radius 3 is 2.63 bits per heavy atom. The number of halogens is 3. The molecule has 1 aromatic rings. The summed E-state index contributed by atoms with van der Waals surface area (Å²) in [5.74, 6) is -0.429. The number of carbonyl (C=O) groups excluding carboxylic acids is 1. The Balaban J connectivity index is 2.22. The SMILES string of the molecule is CC1(C(=O)Nc2ccccc2C(F)(F)F)CCCN1. The van der Waals surface area contributed by atoms with E-state index in [0.29, 0.717) is 13.0 Å². The standard InChI is InChI=1S/C13H15F3N2O/c1-12(7-4-8-17-12)11(19)18-10-6-3-2-5-9(10)13(14,15)16/h2-3,5-6,17H,4,7-8H2,1H3,(H,18,19). The van der Waals surface area contributed by atoms with Gasteiger partial charge in [0.1, 0.15) is 0 Å². The number of para-hydroxylation sites is 1. The fourth-order valence-electron chi connectivity index (χ4n) is 2.19. The van der Waals surface area contributed by atoms with Gasteiger partial charge in [0, 0.05) is 0 Å². The van der Waals surface area contributed by atoms with E-state index in [1.165, 1.54) is 18.2 Å². The third-order valence-electron chi connectivity index (χ3n) is 3.35. The van der Waals surface area contributed by atoms with E-state index in [9.17, 15) is 18.0 Å². The zero-order valence-corrected chi connectivity index (χ0v) is 10.5. The van der Waals surface area contributed by atoms with Gasteiger partial charge in [0.25, 0.3) is 0 Å². The molecule has 104 valence electrons. The summed E-state index contributed by atoms with van der Waals surface area (Å²) in [5, 5.41) is 5.40. The molecule has 19 heavy (non-hydrogen) atoms. The van der Waals surface area contributed by atoms with Crippen LogP contribution in [0.5, 0.6) is 0 Å². The van der Waals surface area contributed by atoms with Crippen LogP contribution in [0.4, 0.5) is 18.9 Å². The highest BCUT2D eigenvalue weighted by molar-refractivity contribution is 5.98. The summed E-state index contributed by atoms with van der Waals surface area (Å²) in [5.41, 5.74) is -1.82. The molecule has 0 bridgehead atoms. The van der Waals surface area contributed by atoms with E-state index in [1.54, 1.807) is 6.92 Å². The van der Waals surface area contributed by atoms with Gasteiger partial charge in [-0.05, 0) is 38.4 Å². The van der Waals surface area contributed by atoms with Crippen LogP contribution < -0.4 is 10.6 Å². The molecule has 0 aliphatic carbocycles. The number of nitrogens with one attached hydrogen (secondary N) is 2. The van der Waals surface area contributed by atoms with Gasteiger partial charge in [-0.15, -0.1) is 0 Å². The zero-order valence-electron chi connectivity index (χ0n) is 10.5. The summed E-state index contributed by atoms with van der Waals surface area (Å²) in [6.45, 7) is 2.40. The number of anilines is 1. The second-order valence-corrected chi connectivity index (χ2v) is 4.86. The Labute approximate surface area is 109 Å². The number of amides is 1. The van der Waals surface area contributed by atoms with Crippen LogP contribution in [0.3, 0.4) is 0 Å². The van der Waals surface area contributed by atoms with Crippen molar-refractivity contribution in [2.24, 2.45) is 0 Å². The molecule has 0 spiro atoms. The molecule has 1 saturated heterocycles. The van der Waals surface area contributed by atoms with E-state index in [1.807, 2.05) is 0 Å². The van der Waals surface area contributed by atoms with E-state index in [-0.39, 0.29) is 5.69 Å². The minimum Gasteiger partial charge on any atom is -0.324 e. The molecule has 1 heterocycles. The maximum atomic E-state index is 12.8. The molecule has 1 amide bonds. The van der Waals surface area contributed by atoms with Crippen molar-refractivity contribution in [3.63, 3.8) is 0 Å². The number of hydrogen-bond donors (Lipinski definition) is 2. The number of benzene rings is 1. The lowest BCUT2D eigenvalue weighted by Gasteiger charge is -2.24. The summed E-state index contributed by atoms with van der Waals surface area (Å²) in [6.07, 6.45) is -3.02. The lowest BCUT2D eigenvalue weighted by atomic mass is 9.99. The molecule has 1 aliphatic rings. The lowest BCUT2D eigenvalue weighted by molar-refractivity contribution is -0.137. The van der Waals surface area contributed by atoms with Crippen molar-refractivity contribution < 1.29 is 18.0 Å². The summed E-state index contributed by atoms with van der Waals surface area (Å²) in [4.78, 5) is 12.1. The average molecular weight is 272 g/mol. The first-order chi connectivity index (χ1) is 8.83. The van der Waals surface area contributed by atoms with E-state index < -0.39 is 23.2 Å². The van der Waals surface area contributed by atoms with Crippen LogP contribution in [0, 0.1) is 0 Å². The van der Waals surface area contributed by atoms with E-state index in [4.69, 9.17) is 0 Å². The molecule has 0 aromatic heterocycles. The van der Waals surface area contributed by atoms with Gasteiger partial charge in [-0.1, -0.05) is 12.1 Å². The van der Waals surface area contributed by atoms with Crippen molar-refractivity contribution in [2.45, 2.75) is 31.5 Å². The molecule has 2 N–H and O–H groups in total. The molecule has 1 aliphatic heterocycles. The van der Waals surface area contributed by atoms with Crippen LogP contribution in [0.1, 0.15) is 25.3 Å². The first-order valence-corrected chi connectivity index (χ1v) is 6.06. The van der Waals surface area contributed by atoms with Crippen LogP contribution >= 0.6 is 0 Å². The molecule has 6 heteroatoms. The average Bonchev–Trinajstić information content (AvgIpc) is 2.77. The van der Waals surface area contributed by atoms with Crippen molar-refractivity contribution in [3.05, 3.63) is 29.8 Å². The fraction of sp³-hybridized carbons (Fsp3) is 0.462. The highest BCUT2D eigenvalue weighted by Crippen LogP contribution is 2.35. The molecule has 1 unspecified atom stereocenters. The molecular weight excluding hydrogens is 257 g/mol. The predicted molar refractivity (Wildman–Crippen MR) is 65.7 cm³/mol. The summed E-state index contributed by atoms with van der Waals surface area (Å²) in [7, 11) is 0. The van der Waals surface area contributed by atoms with Gasteiger partial charge < -0.3 is 10.6 Å². The maximum Gasteiger partial charge on any atom is 0.418 e. The Morgan fingerprint density at radius 1 is 1.37 bits per heavy atom. The predicted octanol–water partition coefficient (Wildman–Crippen LogP) is 2.79. The molecule has 3 nitrogen and oxygen atoms in total. The second kappa shape index (κ2) is 4.85. The molecule has 0 radical (unpaired) electrons.